The van der Waals surface area contributed by atoms with Gasteiger partial charge in [0.2, 0.25) is 0 Å². The van der Waals surface area contributed by atoms with E-state index in [1.165, 1.54) is 12.7 Å². The Labute approximate surface area is 146 Å². The van der Waals surface area contributed by atoms with Crippen LogP contribution in [0.4, 0.5) is 5.69 Å². The third kappa shape index (κ3) is 3.38. The molecule has 0 saturated heterocycles. The fourth-order valence-electron chi connectivity index (χ4n) is 4.08. The van der Waals surface area contributed by atoms with Crippen LogP contribution in [0.25, 0.3) is 0 Å². The molecule has 1 aromatic carbocycles. The molecule has 24 heavy (non-hydrogen) atoms. The van der Waals surface area contributed by atoms with Gasteiger partial charge < -0.3 is 14.4 Å². The SMILES string of the molecule is CCCC[C@H](C(=O)OC)N1c2c(OC)cccc2[C@@H](C)CC1(C)C. The number of hydrogen-bond acceptors (Lipinski definition) is 4. The molecule has 4 heteroatoms. The Hall–Kier alpha value is -1.71. The molecule has 1 aliphatic rings. The van der Waals surface area contributed by atoms with Crippen LogP contribution in [-0.4, -0.2) is 31.8 Å². The average molecular weight is 333 g/mol. The summed E-state index contributed by atoms with van der Waals surface area (Å²) in [6, 6.07) is 5.88. The van der Waals surface area contributed by atoms with Crippen molar-refractivity contribution in [1.29, 1.82) is 0 Å². The van der Waals surface area contributed by atoms with Gasteiger partial charge in [0.25, 0.3) is 0 Å². The van der Waals surface area contributed by atoms with E-state index in [1.54, 1.807) is 7.11 Å². The maximum absolute atomic E-state index is 12.6. The number of hydrogen-bond donors (Lipinski definition) is 0. The molecule has 0 spiro atoms. The van der Waals surface area contributed by atoms with Gasteiger partial charge in [-0.25, -0.2) is 4.79 Å². The van der Waals surface area contributed by atoms with E-state index >= 15 is 0 Å². The van der Waals surface area contributed by atoms with Crippen LogP contribution in [0.5, 0.6) is 5.75 Å². The Morgan fingerprint density at radius 3 is 2.67 bits per heavy atom. The van der Waals surface area contributed by atoms with Gasteiger partial charge in [0.1, 0.15) is 11.8 Å². The van der Waals surface area contributed by atoms with Crippen LogP contribution in [0.2, 0.25) is 0 Å². The fourth-order valence-corrected chi connectivity index (χ4v) is 4.08. The summed E-state index contributed by atoms with van der Waals surface area (Å²) in [5.74, 6) is 1.09. The largest absolute Gasteiger partial charge is 0.495 e. The predicted octanol–water partition coefficient (Wildman–Crippen LogP) is 4.52. The number of methoxy groups -OCH3 is 2. The number of carbonyl (C=O) groups is 1. The molecule has 1 aromatic rings. The number of anilines is 1. The monoisotopic (exact) mass is 333 g/mol. The third-order valence-corrected chi connectivity index (χ3v) is 5.10. The molecular weight excluding hydrogens is 302 g/mol. The molecule has 0 saturated carbocycles. The highest BCUT2D eigenvalue weighted by Gasteiger charge is 2.44. The highest BCUT2D eigenvalue weighted by atomic mass is 16.5. The number of unbranched alkanes of at least 4 members (excludes halogenated alkanes) is 1. The lowest BCUT2D eigenvalue weighted by molar-refractivity contribution is -0.142. The standard InChI is InChI=1S/C20H31NO3/c1-7-8-11-16(19(22)24-6)21-18-15(10-9-12-17(18)23-5)14(2)13-20(21,3)4/h9-10,12,14,16H,7-8,11,13H2,1-6H3/t14-,16+/m0/s1. The van der Waals surface area contributed by atoms with Crippen LogP contribution in [0.1, 0.15) is 64.9 Å². The van der Waals surface area contributed by atoms with Crippen molar-refractivity contribution in [2.75, 3.05) is 19.1 Å². The van der Waals surface area contributed by atoms with E-state index in [4.69, 9.17) is 9.47 Å². The quantitative estimate of drug-likeness (QED) is 0.718. The summed E-state index contributed by atoms with van der Waals surface area (Å²) in [5, 5.41) is 0. The molecule has 0 unspecified atom stereocenters. The zero-order valence-corrected chi connectivity index (χ0v) is 15.9. The lowest BCUT2D eigenvalue weighted by atomic mass is 9.78. The highest BCUT2D eigenvalue weighted by Crippen LogP contribution is 2.49. The molecule has 2 rings (SSSR count). The van der Waals surface area contributed by atoms with Crippen LogP contribution in [-0.2, 0) is 9.53 Å². The van der Waals surface area contributed by atoms with Crippen molar-refractivity contribution >= 4 is 11.7 Å². The second-order valence-corrected chi connectivity index (χ2v) is 7.37. The lowest BCUT2D eigenvalue weighted by Crippen LogP contribution is -2.56. The van der Waals surface area contributed by atoms with Crippen LogP contribution >= 0.6 is 0 Å². The number of nitrogens with zero attached hydrogens (tertiary/aromatic N) is 1. The van der Waals surface area contributed by atoms with Gasteiger partial charge in [-0.15, -0.1) is 0 Å². The van der Waals surface area contributed by atoms with Crippen molar-refractivity contribution in [1.82, 2.24) is 0 Å². The molecule has 0 N–H and O–H groups in total. The fraction of sp³-hybridized carbons (Fsp3) is 0.650. The minimum atomic E-state index is -0.285. The van der Waals surface area contributed by atoms with Gasteiger partial charge in [-0.05, 0) is 44.2 Å². The Balaban J connectivity index is 2.60. The van der Waals surface area contributed by atoms with Crippen LogP contribution in [0, 0.1) is 0 Å². The molecule has 2 atom stereocenters. The first-order valence-electron chi connectivity index (χ1n) is 8.91. The minimum Gasteiger partial charge on any atom is -0.495 e. The Morgan fingerprint density at radius 1 is 1.38 bits per heavy atom. The molecule has 1 heterocycles. The van der Waals surface area contributed by atoms with Gasteiger partial charge in [0.05, 0.1) is 19.9 Å². The maximum Gasteiger partial charge on any atom is 0.328 e. The molecular formula is C20H31NO3. The Bertz CT molecular complexity index is 582. The van der Waals surface area contributed by atoms with Gasteiger partial charge in [-0.3, -0.25) is 0 Å². The van der Waals surface area contributed by atoms with Gasteiger partial charge in [-0.1, -0.05) is 38.8 Å². The first kappa shape index (κ1) is 18.6. The number of benzene rings is 1. The average Bonchev–Trinajstić information content (AvgIpc) is 2.55. The summed E-state index contributed by atoms with van der Waals surface area (Å²) in [4.78, 5) is 14.8. The first-order chi connectivity index (χ1) is 11.4. The summed E-state index contributed by atoms with van der Waals surface area (Å²) < 4.78 is 10.8. The number of carbonyl (C=O) groups excluding carboxylic acids is 1. The second-order valence-electron chi connectivity index (χ2n) is 7.37. The van der Waals surface area contributed by atoms with E-state index in [1.807, 2.05) is 12.1 Å². The summed E-state index contributed by atoms with van der Waals surface area (Å²) in [6.45, 7) is 8.81. The van der Waals surface area contributed by atoms with E-state index in [2.05, 4.69) is 38.7 Å². The van der Waals surface area contributed by atoms with E-state index in [0.29, 0.717) is 5.92 Å². The third-order valence-electron chi connectivity index (χ3n) is 5.10. The topological polar surface area (TPSA) is 38.8 Å². The van der Waals surface area contributed by atoms with Crippen molar-refractivity contribution in [3.8, 4) is 5.75 Å². The van der Waals surface area contributed by atoms with E-state index in [-0.39, 0.29) is 17.6 Å². The molecule has 0 bridgehead atoms. The predicted molar refractivity (Wildman–Crippen MR) is 97.9 cm³/mol. The second kappa shape index (κ2) is 7.45. The molecule has 0 radical (unpaired) electrons. The van der Waals surface area contributed by atoms with Crippen LogP contribution < -0.4 is 9.64 Å². The van der Waals surface area contributed by atoms with Crippen molar-refractivity contribution in [3.05, 3.63) is 23.8 Å². The molecule has 4 nitrogen and oxygen atoms in total. The minimum absolute atomic E-state index is 0.145. The van der Waals surface area contributed by atoms with Crippen molar-refractivity contribution in [3.63, 3.8) is 0 Å². The number of esters is 1. The smallest absolute Gasteiger partial charge is 0.328 e. The van der Waals surface area contributed by atoms with Crippen LogP contribution in [0.3, 0.4) is 0 Å². The van der Waals surface area contributed by atoms with E-state index < -0.39 is 0 Å². The van der Waals surface area contributed by atoms with Gasteiger partial charge in [-0.2, -0.15) is 0 Å². The normalized spacial score (nSPS) is 20.2. The summed E-state index contributed by atoms with van der Waals surface area (Å²) >= 11 is 0. The zero-order valence-electron chi connectivity index (χ0n) is 15.9. The molecule has 0 aliphatic carbocycles. The number of rotatable bonds is 6. The number of para-hydroxylation sites is 1. The molecule has 134 valence electrons. The lowest BCUT2D eigenvalue weighted by Gasteiger charge is -2.50. The number of ether oxygens (including phenoxy) is 2. The van der Waals surface area contributed by atoms with E-state index in [9.17, 15) is 4.79 Å². The van der Waals surface area contributed by atoms with Crippen LogP contribution in [0.15, 0.2) is 18.2 Å². The van der Waals surface area contributed by atoms with Crippen molar-refractivity contribution in [2.24, 2.45) is 0 Å². The van der Waals surface area contributed by atoms with Gasteiger partial charge in [0, 0.05) is 5.54 Å². The Kier molecular flexibility index (Phi) is 5.79. The van der Waals surface area contributed by atoms with Gasteiger partial charge in [0.15, 0.2) is 0 Å². The molecule has 0 aromatic heterocycles. The number of fused-ring (bicyclic) bond motifs is 1. The summed E-state index contributed by atoms with van der Waals surface area (Å²) in [7, 11) is 3.17. The molecule has 0 amide bonds. The van der Waals surface area contributed by atoms with Gasteiger partial charge >= 0.3 is 5.97 Å². The maximum atomic E-state index is 12.6. The van der Waals surface area contributed by atoms with E-state index in [0.717, 1.165) is 37.1 Å². The van der Waals surface area contributed by atoms with Crippen molar-refractivity contribution < 1.29 is 14.3 Å². The Morgan fingerprint density at radius 2 is 2.08 bits per heavy atom. The van der Waals surface area contributed by atoms with Crippen molar-refractivity contribution in [2.45, 2.75) is 70.9 Å². The highest BCUT2D eigenvalue weighted by molar-refractivity contribution is 5.83. The summed E-state index contributed by atoms with van der Waals surface area (Å²) in [5.41, 5.74) is 2.16. The zero-order chi connectivity index (χ0) is 17.9. The first-order valence-corrected chi connectivity index (χ1v) is 8.91. The molecule has 1 aliphatic heterocycles. The molecule has 0 fully saturated rings. The summed E-state index contributed by atoms with van der Waals surface area (Å²) in [6.07, 6.45) is 3.83.